The smallest absolute Gasteiger partial charge is 0.244 e. The van der Waals surface area contributed by atoms with Crippen molar-refractivity contribution in [3.63, 3.8) is 0 Å². The van der Waals surface area contributed by atoms with Gasteiger partial charge in [-0.05, 0) is 55.8 Å². The average molecular weight is 409 g/mol. The summed E-state index contributed by atoms with van der Waals surface area (Å²) in [5, 5.41) is 10.2. The van der Waals surface area contributed by atoms with E-state index in [4.69, 9.17) is 33.3 Å². The molecule has 2 aromatic rings. The molecule has 0 saturated heterocycles. The molecule has 9 heteroatoms. The van der Waals surface area contributed by atoms with E-state index in [0.29, 0.717) is 40.5 Å². The number of aromatic nitrogens is 3. The van der Waals surface area contributed by atoms with E-state index in [0.717, 1.165) is 24.2 Å². The number of carbonyl (C=O) groups excluding carboxylic acids is 1. The second-order valence-corrected chi connectivity index (χ2v) is 6.86. The Labute approximate surface area is 167 Å². The minimum Gasteiger partial charge on any atom is -0.493 e. The molecule has 0 unspecified atom stereocenters. The van der Waals surface area contributed by atoms with E-state index in [2.05, 4.69) is 15.5 Å². The molecule has 3 rings (SSSR count). The molecule has 1 aromatic heterocycles. The minimum absolute atomic E-state index is 0.241. The molecule has 0 aliphatic heterocycles. The fraction of sp³-hybridized carbons (Fsp3) is 0.389. The Morgan fingerprint density at radius 1 is 1.52 bits per heavy atom. The third-order valence-electron chi connectivity index (χ3n) is 4.08. The molecule has 0 radical (unpaired) electrons. The molecule has 1 aliphatic carbocycles. The number of carbonyl (C=O) groups is 1. The van der Waals surface area contributed by atoms with Crippen LogP contribution in [-0.2, 0) is 11.3 Å². The van der Waals surface area contributed by atoms with Gasteiger partial charge in [0.15, 0.2) is 22.1 Å². The lowest BCUT2D eigenvalue weighted by Crippen LogP contribution is -2.22. The zero-order valence-electron chi connectivity index (χ0n) is 15.1. The van der Waals surface area contributed by atoms with Gasteiger partial charge in [0.2, 0.25) is 5.91 Å². The van der Waals surface area contributed by atoms with Crippen molar-refractivity contribution in [2.45, 2.75) is 32.4 Å². The van der Waals surface area contributed by atoms with E-state index in [1.54, 1.807) is 25.3 Å². The molecule has 1 aliphatic rings. The van der Waals surface area contributed by atoms with Crippen LogP contribution in [-0.4, -0.2) is 34.4 Å². The van der Waals surface area contributed by atoms with Crippen LogP contribution in [0.5, 0.6) is 11.5 Å². The molecule has 0 atom stereocenters. The zero-order valence-corrected chi connectivity index (χ0v) is 16.7. The number of nitrogens with zero attached hydrogens (tertiary/aromatic N) is 2. The van der Waals surface area contributed by atoms with E-state index in [1.807, 2.05) is 11.5 Å². The first kappa shape index (κ1) is 19.4. The van der Waals surface area contributed by atoms with Crippen molar-refractivity contribution < 1.29 is 14.3 Å². The van der Waals surface area contributed by atoms with Gasteiger partial charge in [-0.15, -0.1) is 0 Å². The fourth-order valence-corrected chi connectivity index (χ4v) is 3.26. The van der Waals surface area contributed by atoms with Gasteiger partial charge in [-0.25, -0.2) is 0 Å². The number of amides is 1. The highest BCUT2D eigenvalue weighted by atomic mass is 35.5. The van der Waals surface area contributed by atoms with Crippen LogP contribution in [0.4, 0.5) is 0 Å². The Balaban J connectivity index is 1.65. The third-order valence-corrected chi connectivity index (χ3v) is 4.65. The highest BCUT2D eigenvalue weighted by Crippen LogP contribution is 2.37. The van der Waals surface area contributed by atoms with Gasteiger partial charge < -0.3 is 14.8 Å². The van der Waals surface area contributed by atoms with Gasteiger partial charge in [0.05, 0.1) is 25.3 Å². The van der Waals surface area contributed by atoms with Gasteiger partial charge in [-0.2, -0.15) is 5.10 Å². The number of hydrogen-bond donors (Lipinski definition) is 2. The molecule has 1 saturated carbocycles. The second-order valence-electron chi connectivity index (χ2n) is 6.06. The lowest BCUT2D eigenvalue weighted by atomic mass is 10.2. The quantitative estimate of drug-likeness (QED) is 0.514. The summed E-state index contributed by atoms with van der Waals surface area (Å²) < 4.78 is 13.4. The highest BCUT2D eigenvalue weighted by Gasteiger charge is 2.27. The van der Waals surface area contributed by atoms with Crippen LogP contribution in [0.15, 0.2) is 18.2 Å². The maximum absolute atomic E-state index is 12.1. The van der Waals surface area contributed by atoms with E-state index >= 15 is 0 Å². The number of methoxy groups -OCH3 is 1. The van der Waals surface area contributed by atoms with E-state index in [9.17, 15) is 4.79 Å². The predicted molar refractivity (Wildman–Crippen MR) is 106 cm³/mol. The maximum atomic E-state index is 12.1. The number of nitrogens with one attached hydrogen (secondary N) is 2. The van der Waals surface area contributed by atoms with Crippen molar-refractivity contribution in [2.24, 2.45) is 0 Å². The summed E-state index contributed by atoms with van der Waals surface area (Å²) in [6.07, 6.45) is 5.29. The van der Waals surface area contributed by atoms with Crippen molar-refractivity contribution in [3.8, 4) is 11.5 Å². The van der Waals surface area contributed by atoms with Crippen LogP contribution < -0.4 is 14.8 Å². The molecule has 1 heterocycles. The van der Waals surface area contributed by atoms with Crippen LogP contribution in [0, 0.1) is 4.77 Å². The van der Waals surface area contributed by atoms with Crippen LogP contribution in [0.2, 0.25) is 5.02 Å². The number of H-pyrrole nitrogens is 1. The fourth-order valence-electron chi connectivity index (χ4n) is 2.69. The van der Waals surface area contributed by atoms with Crippen LogP contribution in [0.1, 0.15) is 37.2 Å². The molecule has 0 spiro atoms. The zero-order chi connectivity index (χ0) is 19.4. The van der Waals surface area contributed by atoms with Gasteiger partial charge in [-0.1, -0.05) is 11.6 Å². The molecular formula is C18H21ClN4O3S. The molecule has 2 N–H and O–H groups in total. The molecule has 0 bridgehead atoms. The van der Waals surface area contributed by atoms with E-state index in [1.165, 1.54) is 6.08 Å². The van der Waals surface area contributed by atoms with Gasteiger partial charge >= 0.3 is 0 Å². The number of hydrogen-bond acceptors (Lipinski definition) is 5. The average Bonchev–Trinajstić information content (AvgIpc) is 3.42. The number of benzene rings is 1. The molecular weight excluding hydrogens is 388 g/mol. The number of rotatable bonds is 8. The second kappa shape index (κ2) is 8.58. The van der Waals surface area contributed by atoms with Crippen molar-refractivity contribution >= 4 is 35.8 Å². The summed E-state index contributed by atoms with van der Waals surface area (Å²) in [6, 6.07) is 3.88. The first-order valence-electron chi connectivity index (χ1n) is 8.65. The summed E-state index contributed by atoms with van der Waals surface area (Å²) >= 11 is 11.5. The summed E-state index contributed by atoms with van der Waals surface area (Å²) in [5.41, 5.74) is 0.733. The standard InChI is InChI=1S/C18H21ClN4O3S/c1-3-26-17-13(19)8-11(9-14(17)25-2)4-7-16(24)20-10-15-21-22-18(27)23(15)12-5-6-12/h4,7-9,12H,3,5-6,10H2,1-2H3,(H,20,24)(H,22,27)/b7-4+. The number of aromatic amines is 1. The molecule has 144 valence electrons. The van der Waals surface area contributed by atoms with E-state index in [-0.39, 0.29) is 5.91 Å². The van der Waals surface area contributed by atoms with E-state index < -0.39 is 0 Å². The lowest BCUT2D eigenvalue weighted by Gasteiger charge is -2.11. The predicted octanol–water partition coefficient (Wildman–Crippen LogP) is 3.67. The summed E-state index contributed by atoms with van der Waals surface area (Å²) in [4.78, 5) is 12.1. The van der Waals surface area contributed by atoms with Crippen LogP contribution >= 0.6 is 23.8 Å². The Hall–Kier alpha value is -2.32. The summed E-state index contributed by atoms with van der Waals surface area (Å²) in [6.45, 7) is 2.66. The Bertz CT molecular complexity index is 918. The van der Waals surface area contributed by atoms with Crippen molar-refractivity contribution in [2.75, 3.05) is 13.7 Å². The van der Waals surface area contributed by atoms with Crippen molar-refractivity contribution in [1.29, 1.82) is 0 Å². The Morgan fingerprint density at radius 3 is 2.96 bits per heavy atom. The molecule has 1 aromatic carbocycles. The third kappa shape index (κ3) is 4.70. The minimum atomic E-state index is -0.241. The largest absolute Gasteiger partial charge is 0.493 e. The normalized spacial score (nSPS) is 13.7. The summed E-state index contributed by atoms with van der Waals surface area (Å²) in [5.74, 6) is 1.50. The van der Waals surface area contributed by atoms with Gasteiger partial charge in [-0.3, -0.25) is 14.5 Å². The first-order valence-corrected chi connectivity index (χ1v) is 9.44. The summed E-state index contributed by atoms with van der Waals surface area (Å²) in [7, 11) is 1.54. The Morgan fingerprint density at radius 2 is 2.30 bits per heavy atom. The lowest BCUT2D eigenvalue weighted by molar-refractivity contribution is -0.116. The first-order chi connectivity index (χ1) is 13.0. The van der Waals surface area contributed by atoms with Gasteiger partial charge in [0, 0.05) is 12.1 Å². The Kier molecular flexibility index (Phi) is 6.18. The SMILES string of the molecule is CCOc1c(Cl)cc(/C=C/C(=O)NCc2n[nH]c(=S)n2C2CC2)cc1OC. The molecule has 1 amide bonds. The number of ether oxygens (including phenoxy) is 2. The molecule has 7 nitrogen and oxygen atoms in total. The van der Waals surface area contributed by atoms with Crippen LogP contribution in [0.3, 0.4) is 0 Å². The maximum Gasteiger partial charge on any atom is 0.244 e. The van der Waals surface area contributed by atoms with Crippen molar-refractivity contribution in [1.82, 2.24) is 20.1 Å². The topological polar surface area (TPSA) is 81.2 Å². The highest BCUT2D eigenvalue weighted by molar-refractivity contribution is 7.71. The molecule has 27 heavy (non-hydrogen) atoms. The number of halogens is 1. The van der Waals surface area contributed by atoms with Gasteiger partial charge in [0.25, 0.3) is 0 Å². The monoisotopic (exact) mass is 408 g/mol. The van der Waals surface area contributed by atoms with Gasteiger partial charge in [0.1, 0.15) is 0 Å². The van der Waals surface area contributed by atoms with Crippen molar-refractivity contribution in [3.05, 3.63) is 39.4 Å². The van der Waals surface area contributed by atoms with Crippen LogP contribution in [0.25, 0.3) is 6.08 Å². The molecule has 1 fully saturated rings.